The standard InChI is InChI=1S/C22H30F3N3O5S3/c1-16(2)28(35(4,30)31)15-19-14-26(36(32,33)20-6-5-13-34-20)11-12-27(19)18-9-7-17(8-10-18)21(3,29)22(23,24)25/h5-10,13,16,19,29H,11-12,14-15H2,1-4H3/t19-,21-/m1/s1. The van der Waals surface area contributed by atoms with Gasteiger partial charge in [-0.1, -0.05) is 18.2 Å². The fourth-order valence-corrected chi connectivity index (χ4v) is 7.98. The maximum atomic E-state index is 13.3. The predicted octanol–water partition coefficient (Wildman–Crippen LogP) is 3.07. The summed E-state index contributed by atoms with van der Waals surface area (Å²) < 4.78 is 93.7. The van der Waals surface area contributed by atoms with Crippen LogP contribution in [0.25, 0.3) is 0 Å². The van der Waals surface area contributed by atoms with E-state index in [2.05, 4.69) is 0 Å². The smallest absolute Gasteiger partial charge is 0.376 e. The normalized spacial score (nSPS) is 20.2. The second-order valence-electron chi connectivity index (χ2n) is 9.19. The molecule has 1 fully saturated rings. The monoisotopic (exact) mass is 569 g/mol. The van der Waals surface area contributed by atoms with E-state index in [1.54, 1.807) is 30.2 Å². The topological polar surface area (TPSA) is 98.2 Å². The van der Waals surface area contributed by atoms with E-state index < -0.39 is 43.9 Å². The number of piperazine rings is 1. The first kappa shape index (κ1) is 28.9. The lowest BCUT2D eigenvalue weighted by atomic mass is 9.95. The second kappa shape index (κ2) is 10.2. The lowest BCUT2D eigenvalue weighted by Gasteiger charge is -2.44. The van der Waals surface area contributed by atoms with Crippen LogP contribution in [-0.2, 0) is 25.6 Å². The highest BCUT2D eigenvalue weighted by molar-refractivity contribution is 7.91. The highest BCUT2D eigenvalue weighted by Crippen LogP contribution is 2.39. The molecular weight excluding hydrogens is 539 g/mol. The number of thiophene rings is 1. The first-order valence-corrected chi connectivity index (χ1v) is 15.3. The minimum atomic E-state index is -4.87. The summed E-state index contributed by atoms with van der Waals surface area (Å²) in [4.78, 5) is 1.80. The fraction of sp³-hybridized carbons (Fsp3) is 0.545. The summed E-state index contributed by atoms with van der Waals surface area (Å²) in [6.07, 6.45) is -3.79. The van der Waals surface area contributed by atoms with Crippen molar-refractivity contribution in [3.63, 3.8) is 0 Å². The van der Waals surface area contributed by atoms with Crippen molar-refractivity contribution in [2.24, 2.45) is 0 Å². The van der Waals surface area contributed by atoms with E-state index in [0.717, 1.165) is 17.6 Å². The van der Waals surface area contributed by atoms with Crippen LogP contribution in [0.4, 0.5) is 18.9 Å². The minimum absolute atomic E-state index is 0.0129. The summed E-state index contributed by atoms with van der Waals surface area (Å²) in [5, 5.41) is 11.6. The molecule has 1 aliphatic heterocycles. The average Bonchev–Trinajstić information content (AvgIpc) is 3.31. The molecule has 2 heterocycles. The molecule has 3 rings (SSSR count). The van der Waals surface area contributed by atoms with E-state index in [0.29, 0.717) is 12.6 Å². The molecule has 1 aromatic heterocycles. The van der Waals surface area contributed by atoms with Gasteiger partial charge in [-0.05, 0) is 49.9 Å². The zero-order valence-electron chi connectivity index (χ0n) is 20.3. The number of sulfonamides is 2. The highest BCUT2D eigenvalue weighted by Gasteiger charge is 2.51. The molecule has 0 spiro atoms. The summed E-state index contributed by atoms with van der Waals surface area (Å²) >= 11 is 1.09. The van der Waals surface area contributed by atoms with Gasteiger partial charge in [0.05, 0.1) is 12.3 Å². The third kappa shape index (κ3) is 5.89. The van der Waals surface area contributed by atoms with Gasteiger partial charge >= 0.3 is 6.18 Å². The van der Waals surface area contributed by atoms with Crippen molar-refractivity contribution in [3.8, 4) is 0 Å². The highest BCUT2D eigenvalue weighted by atomic mass is 32.2. The fourth-order valence-electron chi connectivity index (χ4n) is 4.16. The van der Waals surface area contributed by atoms with Crippen LogP contribution in [0.15, 0.2) is 46.0 Å². The Hall–Kier alpha value is -1.71. The molecule has 0 unspecified atom stereocenters. The maximum Gasteiger partial charge on any atom is 0.421 e. The molecule has 2 atom stereocenters. The second-order valence-corrected chi connectivity index (χ2v) is 14.2. The van der Waals surface area contributed by atoms with Gasteiger partial charge in [0.25, 0.3) is 10.0 Å². The molecular formula is C22H30F3N3O5S3. The lowest BCUT2D eigenvalue weighted by molar-refractivity contribution is -0.258. The van der Waals surface area contributed by atoms with Crippen molar-refractivity contribution in [1.29, 1.82) is 0 Å². The first-order chi connectivity index (χ1) is 16.5. The van der Waals surface area contributed by atoms with E-state index >= 15 is 0 Å². The number of halogens is 3. The Morgan fingerprint density at radius 2 is 1.72 bits per heavy atom. The molecule has 0 saturated carbocycles. The number of alkyl halides is 3. The van der Waals surface area contributed by atoms with Crippen LogP contribution >= 0.6 is 11.3 Å². The average molecular weight is 570 g/mol. The first-order valence-electron chi connectivity index (χ1n) is 11.1. The summed E-state index contributed by atoms with van der Waals surface area (Å²) in [6, 6.07) is 7.32. The molecule has 0 radical (unpaired) electrons. The van der Waals surface area contributed by atoms with Gasteiger partial charge in [0, 0.05) is 37.9 Å². The van der Waals surface area contributed by atoms with Crippen LogP contribution in [0, 0.1) is 0 Å². The number of aliphatic hydroxyl groups is 1. The molecule has 2 aromatic rings. The summed E-state index contributed by atoms with van der Waals surface area (Å²) in [6.45, 7) is 4.37. The van der Waals surface area contributed by atoms with Gasteiger partial charge in [0.2, 0.25) is 10.0 Å². The van der Waals surface area contributed by atoms with Crippen molar-refractivity contribution in [2.45, 2.75) is 48.8 Å². The van der Waals surface area contributed by atoms with Gasteiger partial charge < -0.3 is 10.0 Å². The quantitative estimate of drug-likeness (QED) is 0.525. The van der Waals surface area contributed by atoms with Gasteiger partial charge in [-0.3, -0.25) is 0 Å². The number of benzene rings is 1. The summed E-state index contributed by atoms with van der Waals surface area (Å²) in [5.41, 5.74) is -2.88. The molecule has 0 bridgehead atoms. The summed E-state index contributed by atoms with van der Waals surface area (Å²) in [5.74, 6) is 0. The van der Waals surface area contributed by atoms with Crippen molar-refractivity contribution >= 4 is 37.1 Å². The van der Waals surface area contributed by atoms with Crippen LogP contribution in [0.2, 0.25) is 0 Å². The molecule has 14 heteroatoms. The molecule has 1 saturated heterocycles. The van der Waals surface area contributed by atoms with E-state index in [1.165, 1.54) is 38.9 Å². The maximum absolute atomic E-state index is 13.3. The Bertz CT molecular complexity index is 1250. The van der Waals surface area contributed by atoms with Gasteiger partial charge in [-0.25, -0.2) is 16.8 Å². The van der Waals surface area contributed by atoms with E-state index in [4.69, 9.17) is 0 Å². The Morgan fingerprint density at radius 1 is 1.11 bits per heavy atom. The predicted molar refractivity (Wildman–Crippen MR) is 133 cm³/mol. The molecule has 1 aliphatic rings. The Labute approximate surface area is 214 Å². The molecule has 0 aliphatic carbocycles. The van der Waals surface area contributed by atoms with Crippen molar-refractivity contribution in [3.05, 3.63) is 47.3 Å². The van der Waals surface area contributed by atoms with Crippen LogP contribution in [-0.4, -0.2) is 81.2 Å². The molecule has 0 amide bonds. The third-order valence-electron chi connectivity index (χ3n) is 6.24. The van der Waals surface area contributed by atoms with Crippen LogP contribution in [0.3, 0.4) is 0 Å². The van der Waals surface area contributed by atoms with E-state index in [-0.39, 0.29) is 36.0 Å². The van der Waals surface area contributed by atoms with E-state index in [9.17, 15) is 35.1 Å². The molecule has 1 N–H and O–H groups in total. The molecule has 8 nitrogen and oxygen atoms in total. The molecule has 1 aromatic carbocycles. The number of anilines is 1. The van der Waals surface area contributed by atoms with Crippen LogP contribution in [0.1, 0.15) is 26.3 Å². The molecule has 36 heavy (non-hydrogen) atoms. The van der Waals surface area contributed by atoms with Crippen LogP contribution in [0.5, 0.6) is 0 Å². The van der Waals surface area contributed by atoms with Gasteiger partial charge in [0.1, 0.15) is 4.21 Å². The lowest BCUT2D eigenvalue weighted by Crippen LogP contribution is -2.59. The number of rotatable bonds is 8. The van der Waals surface area contributed by atoms with Crippen molar-refractivity contribution in [2.75, 3.05) is 37.3 Å². The van der Waals surface area contributed by atoms with E-state index in [1.807, 2.05) is 0 Å². The molecule has 202 valence electrons. The minimum Gasteiger partial charge on any atom is -0.376 e. The Morgan fingerprint density at radius 3 is 2.19 bits per heavy atom. The van der Waals surface area contributed by atoms with Crippen molar-refractivity contribution < 1.29 is 35.1 Å². The third-order valence-corrected chi connectivity index (χ3v) is 10.9. The zero-order chi connectivity index (χ0) is 27.1. The van der Waals surface area contributed by atoms with Crippen molar-refractivity contribution in [1.82, 2.24) is 8.61 Å². The number of hydrogen-bond acceptors (Lipinski definition) is 7. The van der Waals surface area contributed by atoms with Gasteiger partial charge in [-0.15, -0.1) is 11.3 Å². The SMILES string of the molecule is CC(C)N(C[C@H]1CN(S(=O)(=O)c2cccs2)CCN1c1ccc([C@@](C)(O)C(F)(F)F)cc1)S(C)(=O)=O. The largest absolute Gasteiger partial charge is 0.421 e. The van der Waals surface area contributed by atoms with Gasteiger partial charge in [-0.2, -0.15) is 21.8 Å². The zero-order valence-corrected chi connectivity index (χ0v) is 22.8. The number of nitrogens with zero attached hydrogens (tertiary/aromatic N) is 3. The Balaban J connectivity index is 1.96. The number of hydrogen-bond donors (Lipinski definition) is 1. The van der Waals surface area contributed by atoms with Gasteiger partial charge in [0.15, 0.2) is 5.60 Å². The summed E-state index contributed by atoms with van der Waals surface area (Å²) in [7, 11) is -7.42. The van der Waals surface area contributed by atoms with Crippen LogP contribution < -0.4 is 4.90 Å². The Kier molecular flexibility index (Phi) is 8.19.